The average Bonchev–Trinajstić information content (AvgIpc) is 2.14. The second-order valence-electron chi connectivity index (χ2n) is 5.21. The normalized spacial score (nSPS) is 15.2. The average molecular weight is 230 g/mol. The number of hydrogen-bond acceptors (Lipinski definition) is 3. The van der Waals surface area contributed by atoms with Crippen LogP contribution < -0.4 is 11.1 Å². The van der Waals surface area contributed by atoms with Gasteiger partial charge >= 0.3 is 0 Å². The summed E-state index contributed by atoms with van der Waals surface area (Å²) in [6.45, 7) is 8.81. The lowest BCUT2D eigenvalue weighted by atomic mass is 9.99. The second kappa shape index (κ2) is 7.63. The Morgan fingerprint density at radius 2 is 1.81 bits per heavy atom. The van der Waals surface area contributed by atoms with Crippen molar-refractivity contribution >= 4 is 5.91 Å². The number of nitrogens with one attached hydrogen (secondary N) is 1. The van der Waals surface area contributed by atoms with E-state index < -0.39 is 12.1 Å². The molecule has 0 saturated carbocycles. The van der Waals surface area contributed by atoms with Crippen LogP contribution in [0.3, 0.4) is 0 Å². The maximum Gasteiger partial charge on any atom is 0.250 e. The minimum atomic E-state index is -1.09. The summed E-state index contributed by atoms with van der Waals surface area (Å²) >= 11 is 0. The number of aliphatic hydroxyl groups is 1. The van der Waals surface area contributed by atoms with Gasteiger partial charge in [0.05, 0.1) is 0 Å². The highest BCUT2D eigenvalue weighted by atomic mass is 16.3. The predicted molar refractivity (Wildman–Crippen MR) is 65.9 cm³/mol. The summed E-state index contributed by atoms with van der Waals surface area (Å²) in [7, 11) is 0. The van der Waals surface area contributed by atoms with Gasteiger partial charge < -0.3 is 16.2 Å². The third-order valence-corrected chi connectivity index (χ3v) is 2.44. The zero-order valence-corrected chi connectivity index (χ0v) is 10.9. The van der Waals surface area contributed by atoms with E-state index in [9.17, 15) is 9.90 Å². The predicted octanol–water partition coefficient (Wildman–Crippen LogP) is 0.883. The minimum Gasteiger partial charge on any atom is -0.382 e. The van der Waals surface area contributed by atoms with Crippen LogP contribution in [-0.2, 0) is 4.79 Å². The summed E-state index contributed by atoms with van der Waals surface area (Å²) in [4.78, 5) is 11.5. The van der Waals surface area contributed by atoms with Crippen molar-refractivity contribution in [2.45, 2.75) is 52.7 Å². The third kappa shape index (κ3) is 6.80. The molecular weight excluding hydrogens is 204 g/mol. The molecule has 0 aromatic heterocycles. The van der Waals surface area contributed by atoms with Crippen molar-refractivity contribution in [2.75, 3.05) is 6.54 Å². The van der Waals surface area contributed by atoms with E-state index in [1.807, 2.05) is 13.8 Å². The fraction of sp³-hybridized carbons (Fsp3) is 0.917. The SMILES string of the molecule is CC(C)CCNC(=O)C(O)[C@@H](N)CC(C)C. The van der Waals surface area contributed by atoms with E-state index in [4.69, 9.17) is 5.73 Å². The maximum atomic E-state index is 11.5. The standard InChI is InChI=1S/C12H26N2O2/c1-8(2)5-6-14-12(16)11(15)10(13)7-9(3)4/h8-11,15H,5-7,13H2,1-4H3,(H,14,16)/t10-,11?/m0/s1. The molecule has 0 aliphatic carbocycles. The maximum absolute atomic E-state index is 11.5. The second-order valence-corrected chi connectivity index (χ2v) is 5.21. The molecule has 2 atom stereocenters. The molecule has 1 unspecified atom stereocenters. The Hall–Kier alpha value is -0.610. The summed E-state index contributed by atoms with van der Waals surface area (Å²) < 4.78 is 0. The molecule has 0 saturated heterocycles. The lowest BCUT2D eigenvalue weighted by Crippen LogP contribution is -2.47. The molecule has 0 radical (unpaired) electrons. The Kier molecular flexibility index (Phi) is 7.34. The van der Waals surface area contributed by atoms with E-state index in [0.29, 0.717) is 24.8 Å². The number of hydrogen-bond donors (Lipinski definition) is 3. The Labute approximate surface area is 98.6 Å². The first-order valence-electron chi connectivity index (χ1n) is 6.06. The van der Waals surface area contributed by atoms with Gasteiger partial charge in [-0.25, -0.2) is 0 Å². The Balaban J connectivity index is 3.88. The molecule has 4 heteroatoms. The fourth-order valence-electron chi connectivity index (χ4n) is 1.46. The van der Waals surface area contributed by atoms with Crippen LogP contribution in [0.5, 0.6) is 0 Å². The van der Waals surface area contributed by atoms with Crippen LogP contribution in [0.4, 0.5) is 0 Å². The zero-order chi connectivity index (χ0) is 12.7. The van der Waals surface area contributed by atoms with Crippen LogP contribution in [0.1, 0.15) is 40.5 Å². The minimum absolute atomic E-state index is 0.353. The summed E-state index contributed by atoms with van der Waals surface area (Å²) in [6, 6.07) is -0.473. The van der Waals surface area contributed by atoms with E-state index in [0.717, 1.165) is 6.42 Å². The molecule has 0 fully saturated rings. The molecule has 4 nitrogen and oxygen atoms in total. The smallest absolute Gasteiger partial charge is 0.250 e. The molecule has 0 heterocycles. The Bertz CT molecular complexity index is 205. The van der Waals surface area contributed by atoms with Gasteiger partial charge in [-0.05, 0) is 24.7 Å². The van der Waals surface area contributed by atoms with Crippen LogP contribution in [0.15, 0.2) is 0 Å². The molecule has 0 rings (SSSR count). The highest BCUT2D eigenvalue weighted by Crippen LogP contribution is 2.06. The molecule has 96 valence electrons. The summed E-state index contributed by atoms with van der Waals surface area (Å²) in [6.07, 6.45) is 0.478. The number of aliphatic hydroxyl groups excluding tert-OH is 1. The Morgan fingerprint density at radius 3 is 2.25 bits per heavy atom. The summed E-state index contributed by atoms with van der Waals surface area (Å²) in [5.74, 6) is 0.573. The summed E-state index contributed by atoms with van der Waals surface area (Å²) in [5, 5.41) is 12.4. The van der Waals surface area contributed by atoms with E-state index in [1.165, 1.54) is 0 Å². The van der Waals surface area contributed by atoms with Crippen LogP contribution in [-0.4, -0.2) is 29.7 Å². The van der Waals surface area contributed by atoms with Crippen molar-refractivity contribution in [3.8, 4) is 0 Å². The highest BCUT2D eigenvalue weighted by Gasteiger charge is 2.23. The van der Waals surface area contributed by atoms with Gasteiger partial charge in [0, 0.05) is 12.6 Å². The number of carbonyl (C=O) groups is 1. The summed E-state index contributed by atoms with van der Waals surface area (Å²) in [5.41, 5.74) is 5.74. The van der Waals surface area contributed by atoms with Crippen LogP contribution in [0.25, 0.3) is 0 Å². The van der Waals surface area contributed by atoms with Gasteiger partial charge in [0.1, 0.15) is 6.10 Å². The molecule has 16 heavy (non-hydrogen) atoms. The van der Waals surface area contributed by atoms with Gasteiger partial charge in [0.15, 0.2) is 0 Å². The van der Waals surface area contributed by atoms with Gasteiger partial charge in [-0.15, -0.1) is 0 Å². The van der Waals surface area contributed by atoms with Crippen molar-refractivity contribution in [1.82, 2.24) is 5.32 Å². The highest BCUT2D eigenvalue weighted by molar-refractivity contribution is 5.81. The lowest BCUT2D eigenvalue weighted by molar-refractivity contribution is -0.130. The van der Waals surface area contributed by atoms with Crippen molar-refractivity contribution in [2.24, 2.45) is 17.6 Å². The van der Waals surface area contributed by atoms with E-state index in [-0.39, 0.29) is 5.91 Å². The lowest BCUT2D eigenvalue weighted by Gasteiger charge is -2.20. The van der Waals surface area contributed by atoms with Gasteiger partial charge in [-0.1, -0.05) is 27.7 Å². The molecule has 0 aliphatic heterocycles. The largest absolute Gasteiger partial charge is 0.382 e. The molecular formula is C12H26N2O2. The van der Waals surface area contributed by atoms with Crippen LogP contribution in [0.2, 0.25) is 0 Å². The van der Waals surface area contributed by atoms with Crippen LogP contribution in [0, 0.1) is 11.8 Å². The molecule has 0 bridgehead atoms. The van der Waals surface area contributed by atoms with E-state index in [1.54, 1.807) is 0 Å². The molecule has 1 amide bonds. The third-order valence-electron chi connectivity index (χ3n) is 2.44. The first-order chi connectivity index (χ1) is 7.34. The van der Waals surface area contributed by atoms with Gasteiger partial charge in [0.25, 0.3) is 0 Å². The molecule has 0 aliphatic rings. The molecule has 0 aromatic rings. The first kappa shape index (κ1) is 15.4. The van der Waals surface area contributed by atoms with E-state index >= 15 is 0 Å². The number of amides is 1. The van der Waals surface area contributed by atoms with Crippen molar-refractivity contribution in [3.05, 3.63) is 0 Å². The van der Waals surface area contributed by atoms with Crippen molar-refractivity contribution in [3.63, 3.8) is 0 Å². The van der Waals surface area contributed by atoms with Crippen LogP contribution >= 0.6 is 0 Å². The number of carbonyl (C=O) groups excluding carboxylic acids is 1. The van der Waals surface area contributed by atoms with E-state index in [2.05, 4.69) is 19.2 Å². The molecule has 4 N–H and O–H groups in total. The first-order valence-corrected chi connectivity index (χ1v) is 6.06. The number of rotatable bonds is 7. The zero-order valence-electron chi connectivity index (χ0n) is 10.9. The van der Waals surface area contributed by atoms with Gasteiger partial charge in [0.2, 0.25) is 5.91 Å². The van der Waals surface area contributed by atoms with Crippen molar-refractivity contribution < 1.29 is 9.90 Å². The Morgan fingerprint density at radius 1 is 1.25 bits per heavy atom. The topological polar surface area (TPSA) is 75.3 Å². The van der Waals surface area contributed by atoms with Gasteiger partial charge in [-0.3, -0.25) is 4.79 Å². The number of nitrogens with two attached hydrogens (primary N) is 1. The monoisotopic (exact) mass is 230 g/mol. The molecule has 0 spiro atoms. The van der Waals surface area contributed by atoms with Crippen molar-refractivity contribution in [1.29, 1.82) is 0 Å². The quantitative estimate of drug-likeness (QED) is 0.608. The van der Waals surface area contributed by atoms with Gasteiger partial charge in [-0.2, -0.15) is 0 Å². The molecule has 0 aromatic carbocycles. The fourth-order valence-corrected chi connectivity index (χ4v) is 1.46.